The Hall–Kier alpha value is -1.27. The average molecular weight is 484 g/mol. The SMILES string of the molecule is CCOc1cc(CNCCCN(CC)CC)cc(Br)c1OCc1ccc(Cl)cc1. The van der Waals surface area contributed by atoms with E-state index in [4.69, 9.17) is 21.1 Å². The van der Waals surface area contributed by atoms with E-state index < -0.39 is 0 Å². The maximum atomic E-state index is 6.05. The van der Waals surface area contributed by atoms with Crippen molar-refractivity contribution < 1.29 is 9.47 Å². The first-order valence-corrected chi connectivity index (χ1v) is 11.5. The Labute approximate surface area is 188 Å². The summed E-state index contributed by atoms with van der Waals surface area (Å²) in [5.41, 5.74) is 2.23. The van der Waals surface area contributed by atoms with E-state index >= 15 is 0 Å². The molecule has 0 atom stereocenters. The van der Waals surface area contributed by atoms with Crippen LogP contribution in [0.3, 0.4) is 0 Å². The Bertz CT molecular complexity index is 736. The summed E-state index contributed by atoms with van der Waals surface area (Å²) in [4.78, 5) is 2.44. The molecule has 0 aliphatic carbocycles. The molecule has 6 heteroatoms. The molecule has 0 spiro atoms. The second-order valence-corrected chi connectivity index (χ2v) is 8.10. The van der Waals surface area contributed by atoms with Crippen LogP contribution in [-0.2, 0) is 13.2 Å². The Morgan fingerprint density at radius 3 is 2.38 bits per heavy atom. The van der Waals surface area contributed by atoms with Crippen LogP contribution in [0.25, 0.3) is 0 Å². The predicted molar refractivity (Wildman–Crippen MR) is 125 cm³/mol. The largest absolute Gasteiger partial charge is 0.490 e. The van der Waals surface area contributed by atoms with Gasteiger partial charge in [0.15, 0.2) is 11.5 Å². The Balaban J connectivity index is 1.94. The van der Waals surface area contributed by atoms with Crippen LogP contribution in [0.2, 0.25) is 5.02 Å². The lowest BCUT2D eigenvalue weighted by Gasteiger charge is -2.18. The second-order valence-electron chi connectivity index (χ2n) is 6.81. The van der Waals surface area contributed by atoms with Crippen LogP contribution in [-0.4, -0.2) is 37.7 Å². The van der Waals surface area contributed by atoms with E-state index in [1.165, 1.54) is 5.56 Å². The highest BCUT2D eigenvalue weighted by molar-refractivity contribution is 9.10. The minimum atomic E-state index is 0.457. The molecule has 0 saturated carbocycles. The molecular formula is C23H32BrClN2O2. The van der Waals surface area contributed by atoms with Gasteiger partial charge in [-0.15, -0.1) is 0 Å². The number of hydrogen-bond acceptors (Lipinski definition) is 4. The predicted octanol–water partition coefficient (Wildman–Crippen LogP) is 5.90. The Kier molecular flexibility index (Phi) is 10.9. The van der Waals surface area contributed by atoms with Gasteiger partial charge < -0.3 is 19.7 Å². The molecule has 0 aliphatic heterocycles. The molecule has 0 heterocycles. The minimum Gasteiger partial charge on any atom is -0.490 e. The molecule has 0 saturated heterocycles. The van der Waals surface area contributed by atoms with Gasteiger partial charge in [-0.05, 0) is 90.8 Å². The number of ether oxygens (including phenoxy) is 2. The molecule has 0 aromatic heterocycles. The van der Waals surface area contributed by atoms with Gasteiger partial charge in [-0.3, -0.25) is 0 Å². The molecule has 0 amide bonds. The second kappa shape index (κ2) is 13.1. The van der Waals surface area contributed by atoms with Crippen molar-refractivity contribution in [2.75, 3.05) is 32.8 Å². The number of nitrogens with zero attached hydrogens (tertiary/aromatic N) is 1. The maximum Gasteiger partial charge on any atom is 0.175 e. The van der Waals surface area contributed by atoms with Crippen molar-refractivity contribution in [3.63, 3.8) is 0 Å². The molecular weight excluding hydrogens is 452 g/mol. The molecule has 2 rings (SSSR count). The van der Waals surface area contributed by atoms with Gasteiger partial charge in [0.05, 0.1) is 11.1 Å². The quantitative estimate of drug-likeness (QED) is 0.360. The van der Waals surface area contributed by atoms with Crippen molar-refractivity contribution >= 4 is 27.5 Å². The van der Waals surface area contributed by atoms with Crippen molar-refractivity contribution in [1.82, 2.24) is 10.2 Å². The first kappa shape index (κ1) is 24.0. The van der Waals surface area contributed by atoms with Crippen molar-refractivity contribution in [2.24, 2.45) is 0 Å². The van der Waals surface area contributed by atoms with Gasteiger partial charge in [-0.25, -0.2) is 0 Å². The molecule has 0 aliphatic rings. The summed E-state index contributed by atoms with van der Waals surface area (Å²) in [6, 6.07) is 11.8. The van der Waals surface area contributed by atoms with E-state index in [1.807, 2.05) is 31.2 Å². The Morgan fingerprint density at radius 2 is 1.72 bits per heavy atom. The average Bonchev–Trinajstić information content (AvgIpc) is 2.71. The summed E-state index contributed by atoms with van der Waals surface area (Å²) < 4.78 is 12.8. The van der Waals surface area contributed by atoms with E-state index in [0.29, 0.717) is 13.2 Å². The number of hydrogen-bond donors (Lipinski definition) is 1. The maximum absolute atomic E-state index is 6.05. The first-order valence-electron chi connectivity index (χ1n) is 10.3. The monoisotopic (exact) mass is 482 g/mol. The zero-order valence-electron chi connectivity index (χ0n) is 17.6. The fourth-order valence-electron chi connectivity index (χ4n) is 3.06. The highest BCUT2D eigenvalue weighted by atomic mass is 79.9. The standard InChI is InChI=1S/C23H32BrClN2O2/c1-4-27(5-2)13-7-12-26-16-19-14-21(24)23(22(15-19)28-6-3)29-17-18-8-10-20(25)11-9-18/h8-11,14-15,26H,4-7,12-13,16-17H2,1-3H3. The fraction of sp³-hybridized carbons (Fsp3) is 0.478. The lowest BCUT2D eigenvalue weighted by atomic mass is 10.2. The third kappa shape index (κ3) is 8.17. The smallest absolute Gasteiger partial charge is 0.175 e. The van der Waals surface area contributed by atoms with Crippen LogP contribution in [0.4, 0.5) is 0 Å². The molecule has 0 unspecified atom stereocenters. The van der Waals surface area contributed by atoms with E-state index in [2.05, 4.69) is 52.1 Å². The highest BCUT2D eigenvalue weighted by Crippen LogP contribution is 2.37. The van der Waals surface area contributed by atoms with Crippen molar-refractivity contribution in [2.45, 2.75) is 40.3 Å². The third-order valence-corrected chi connectivity index (χ3v) is 5.56. The van der Waals surface area contributed by atoms with E-state index in [0.717, 1.165) is 65.7 Å². The summed E-state index contributed by atoms with van der Waals surface area (Å²) in [6.45, 7) is 12.6. The van der Waals surface area contributed by atoms with Crippen LogP contribution in [0.5, 0.6) is 11.5 Å². The topological polar surface area (TPSA) is 33.7 Å². The van der Waals surface area contributed by atoms with E-state index in [-0.39, 0.29) is 0 Å². The van der Waals surface area contributed by atoms with Gasteiger partial charge >= 0.3 is 0 Å². The van der Waals surface area contributed by atoms with Gasteiger partial charge in [0, 0.05) is 11.6 Å². The van der Waals surface area contributed by atoms with Gasteiger partial charge in [-0.2, -0.15) is 0 Å². The summed E-state index contributed by atoms with van der Waals surface area (Å²) in [5, 5.41) is 4.25. The normalized spacial score (nSPS) is 11.1. The Morgan fingerprint density at radius 1 is 1.00 bits per heavy atom. The summed E-state index contributed by atoms with van der Waals surface area (Å²) >= 11 is 9.61. The molecule has 1 N–H and O–H groups in total. The van der Waals surface area contributed by atoms with Crippen LogP contribution in [0.1, 0.15) is 38.3 Å². The lowest BCUT2D eigenvalue weighted by Crippen LogP contribution is -2.27. The van der Waals surface area contributed by atoms with Gasteiger partial charge in [0.1, 0.15) is 6.61 Å². The number of rotatable bonds is 13. The highest BCUT2D eigenvalue weighted by Gasteiger charge is 2.13. The van der Waals surface area contributed by atoms with Crippen molar-refractivity contribution in [3.8, 4) is 11.5 Å². The van der Waals surface area contributed by atoms with Gasteiger partial charge in [0.25, 0.3) is 0 Å². The molecule has 2 aromatic carbocycles. The van der Waals surface area contributed by atoms with Crippen LogP contribution < -0.4 is 14.8 Å². The van der Waals surface area contributed by atoms with Crippen molar-refractivity contribution in [3.05, 3.63) is 57.0 Å². The summed E-state index contributed by atoms with van der Waals surface area (Å²) in [6.07, 6.45) is 1.14. The van der Waals surface area contributed by atoms with Gasteiger partial charge in [-0.1, -0.05) is 37.6 Å². The van der Waals surface area contributed by atoms with E-state index in [9.17, 15) is 0 Å². The first-order chi connectivity index (χ1) is 14.1. The molecule has 0 fully saturated rings. The summed E-state index contributed by atoms with van der Waals surface area (Å²) in [5.74, 6) is 1.49. The third-order valence-electron chi connectivity index (χ3n) is 4.72. The summed E-state index contributed by atoms with van der Waals surface area (Å²) in [7, 11) is 0. The van der Waals surface area contributed by atoms with E-state index in [1.54, 1.807) is 0 Å². The minimum absolute atomic E-state index is 0.457. The zero-order chi connectivity index (χ0) is 21.1. The molecule has 160 valence electrons. The van der Waals surface area contributed by atoms with Crippen LogP contribution in [0, 0.1) is 0 Å². The van der Waals surface area contributed by atoms with Crippen molar-refractivity contribution in [1.29, 1.82) is 0 Å². The number of nitrogens with one attached hydrogen (secondary N) is 1. The fourth-order valence-corrected chi connectivity index (χ4v) is 3.79. The molecule has 4 nitrogen and oxygen atoms in total. The van der Waals surface area contributed by atoms with Gasteiger partial charge in [0.2, 0.25) is 0 Å². The van der Waals surface area contributed by atoms with Crippen LogP contribution in [0.15, 0.2) is 40.9 Å². The lowest BCUT2D eigenvalue weighted by molar-refractivity contribution is 0.267. The number of halogens is 2. The molecule has 0 bridgehead atoms. The van der Waals surface area contributed by atoms with Crippen LogP contribution >= 0.6 is 27.5 Å². The molecule has 2 aromatic rings. The molecule has 0 radical (unpaired) electrons. The zero-order valence-corrected chi connectivity index (χ0v) is 20.0. The number of benzene rings is 2. The molecule has 29 heavy (non-hydrogen) atoms.